The maximum absolute atomic E-state index is 10.5. The fourth-order valence-corrected chi connectivity index (χ4v) is 3.23. The zero-order chi connectivity index (χ0) is 14.5. The van der Waals surface area contributed by atoms with E-state index in [4.69, 9.17) is 14.2 Å². The topological polar surface area (TPSA) is 47.9 Å². The largest absolute Gasteiger partial charge is 0.495 e. The molecule has 0 aromatic heterocycles. The summed E-state index contributed by atoms with van der Waals surface area (Å²) in [6.45, 7) is 0.792. The van der Waals surface area contributed by atoms with Crippen LogP contribution in [0.3, 0.4) is 0 Å². The first-order valence-electron chi connectivity index (χ1n) is 6.87. The van der Waals surface area contributed by atoms with Crippen LogP contribution in [0.4, 0.5) is 0 Å². The molecule has 1 saturated heterocycles. The smallest absolute Gasteiger partial charge is 0.142 e. The molecule has 1 aromatic carbocycles. The molecule has 20 heavy (non-hydrogen) atoms. The minimum Gasteiger partial charge on any atom is -0.495 e. The third kappa shape index (κ3) is 3.45. The predicted octanol–water partition coefficient (Wildman–Crippen LogP) is 3.46. The molecule has 0 bridgehead atoms. The van der Waals surface area contributed by atoms with E-state index in [2.05, 4.69) is 15.9 Å². The van der Waals surface area contributed by atoms with Gasteiger partial charge in [-0.1, -0.05) is 0 Å². The van der Waals surface area contributed by atoms with Crippen LogP contribution in [0, 0.1) is 0 Å². The number of aliphatic hydroxyl groups excluding tert-OH is 1. The minimum absolute atomic E-state index is 0.129. The molecule has 1 heterocycles. The Hall–Kier alpha value is -0.780. The van der Waals surface area contributed by atoms with Crippen LogP contribution in [-0.4, -0.2) is 32.0 Å². The van der Waals surface area contributed by atoms with Gasteiger partial charge in [0.2, 0.25) is 0 Å². The van der Waals surface area contributed by atoms with E-state index in [0.717, 1.165) is 29.5 Å². The van der Waals surface area contributed by atoms with Crippen LogP contribution in [0.15, 0.2) is 16.6 Å². The molecule has 2 unspecified atom stereocenters. The Morgan fingerprint density at radius 2 is 2.15 bits per heavy atom. The van der Waals surface area contributed by atoms with Crippen LogP contribution in [0.2, 0.25) is 0 Å². The Morgan fingerprint density at radius 3 is 2.75 bits per heavy atom. The molecule has 2 atom stereocenters. The monoisotopic (exact) mass is 344 g/mol. The molecular formula is C15H21BrO4. The zero-order valence-electron chi connectivity index (χ0n) is 11.9. The molecular weight excluding hydrogens is 324 g/mol. The second kappa shape index (κ2) is 7.29. The van der Waals surface area contributed by atoms with Gasteiger partial charge in [0.15, 0.2) is 0 Å². The van der Waals surface area contributed by atoms with E-state index in [9.17, 15) is 5.11 Å². The molecule has 0 radical (unpaired) electrons. The highest BCUT2D eigenvalue weighted by atomic mass is 79.9. The Balaban J connectivity index is 2.16. The maximum atomic E-state index is 10.5. The summed E-state index contributed by atoms with van der Waals surface area (Å²) in [4.78, 5) is 0. The lowest BCUT2D eigenvalue weighted by molar-refractivity contribution is -0.0159. The van der Waals surface area contributed by atoms with Crippen molar-refractivity contribution in [3.8, 4) is 11.5 Å². The van der Waals surface area contributed by atoms with Gasteiger partial charge in [-0.15, -0.1) is 0 Å². The van der Waals surface area contributed by atoms with Gasteiger partial charge in [0.05, 0.1) is 26.4 Å². The molecule has 0 spiro atoms. The number of aliphatic hydroxyl groups is 1. The van der Waals surface area contributed by atoms with Crippen molar-refractivity contribution in [1.82, 2.24) is 0 Å². The van der Waals surface area contributed by atoms with E-state index < -0.39 is 6.10 Å². The zero-order valence-corrected chi connectivity index (χ0v) is 13.5. The van der Waals surface area contributed by atoms with Crippen molar-refractivity contribution in [2.45, 2.75) is 37.9 Å². The average Bonchev–Trinajstić information content (AvgIpc) is 2.47. The highest BCUT2D eigenvalue weighted by Gasteiger charge is 2.23. The fourth-order valence-electron chi connectivity index (χ4n) is 2.55. The summed E-state index contributed by atoms with van der Waals surface area (Å²) in [6.07, 6.45) is 3.41. The highest BCUT2D eigenvalue weighted by molar-refractivity contribution is 9.10. The SMILES string of the molecule is COc1ccc(C(O)CC2CCCCO2)c(OC)c1Br. The van der Waals surface area contributed by atoms with Crippen LogP contribution in [0.5, 0.6) is 11.5 Å². The van der Waals surface area contributed by atoms with Crippen molar-refractivity contribution >= 4 is 15.9 Å². The summed E-state index contributed by atoms with van der Waals surface area (Å²) < 4.78 is 17.0. The molecule has 0 aliphatic carbocycles. The molecule has 0 saturated carbocycles. The van der Waals surface area contributed by atoms with Crippen molar-refractivity contribution in [3.63, 3.8) is 0 Å². The van der Waals surface area contributed by atoms with Gasteiger partial charge in [0, 0.05) is 18.6 Å². The number of hydrogen-bond acceptors (Lipinski definition) is 4. The van der Waals surface area contributed by atoms with E-state index >= 15 is 0 Å². The lowest BCUT2D eigenvalue weighted by Gasteiger charge is -2.26. The molecule has 1 aliphatic rings. The fraction of sp³-hybridized carbons (Fsp3) is 0.600. The van der Waals surface area contributed by atoms with E-state index in [-0.39, 0.29) is 6.10 Å². The number of ether oxygens (including phenoxy) is 3. The van der Waals surface area contributed by atoms with Gasteiger partial charge in [-0.2, -0.15) is 0 Å². The van der Waals surface area contributed by atoms with Crippen molar-refractivity contribution in [1.29, 1.82) is 0 Å². The van der Waals surface area contributed by atoms with Gasteiger partial charge in [0.25, 0.3) is 0 Å². The van der Waals surface area contributed by atoms with E-state index in [1.54, 1.807) is 14.2 Å². The van der Waals surface area contributed by atoms with E-state index in [1.807, 2.05) is 12.1 Å². The van der Waals surface area contributed by atoms with Crippen LogP contribution in [-0.2, 0) is 4.74 Å². The Labute approximate surface area is 128 Å². The quantitative estimate of drug-likeness (QED) is 0.888. The molecule has 1 N–H and O–H groups in total. The molecule has 0 amide bonds. The van der Waals surface area contributed by atoms with Crippen LogP contribution in [0.25, 0.3) is 0 Å². The van der Waals surface area contributed by atoms with E-state index in [1.165, 1.54) is 6.42 Å². The standard InChI is InChI=1S/C15H21BrO4/c1-18-13-7-6-11(15(19-2)14(13)16)12(17)9-10-5-3-4-8-20-10/h6-7,10,12,17H,3-5,8-9H2,1-2H3. The number of rotatable bonds is 5. The normalized spacial score (nSPS) is 20.5. The highest BCUT2D eigenvalue weighted by Crippen LogP contribution is 2.41. The third-order valence-electron chi connectivity index (χ3n) is 3.64. The molecule has 4 nitrogen and oxygen atoms in total. The summed E-state index contributed by atoms with van der Waals surface area (Å²) >= 11 is 3.45. The van der Waals surface area contributed by atoms with Crippen LogP contribution < -0.4 is 9.47 Å². The van der Waals surface area contributed by atoms with Gasteiger partial charge in [-0.05, 0) is 47.3 Å². The minimum atomic E-state index is -0.602. The molecule has 1 aromatic rings. The number of benzene rings is 1. The Kier molecular flexibility index (Phi) is 5.69. The first-order valence-corrected chi connectivity index (χ1v) is 7.66. The van der Waals surface area contributed by atoms with Crippen molar-refractivity contribution in [2.75, 3.05) is 20.8 Å². The lowest BCUT2D eigenvalue weighted by Crippen LogP contribution is -2.21. The lowest BCUT2D eigenvalue weighted by atomic mass is 9.98. The Bertz CT molecular complexity index is 444. The van der Waals surface area contributed by atoms with Crippen molar-refractivity contribution < 1.29 is 19.3 Å². The van der Waals surface area contributed by atoms with Crippen LogP contribution in [0.1, 0.15) is 37.4 Å². The maximum Gasteiger partial charge on any atom is 0.142 e. The summed E-state index contributed by atoms with van der Waals surface area (Å²) in [5.41, 5.74) is 0.759. The molecule has 1 aliphatic heterocycles. The summed E-state index contributed by atoms with van der Waals surface area (Å²) in [5.74, 6) is 1.30. The van der Waals surface area contributed by atoms with Crippen LogP contribution >= 0.6 is 15.9 Å². The molecule has 1 fully saturated rings. The van der Waals surface area contributed by atoms with Gasteiger partial charge in [-0.3, -0.25) is 0 Å². The second-order valence-corrected chi connectivity index (χ2v) is 5.74. The van der Waals surface area contributed by atoms with E-state index in [0.29, 0.717) is 17.9 Å². The molecule has 5 heteroatoms. The van der Waals surface area contributed by atoms with Gasteiger partial charge >= 0.3 is 0 Å². The Morgan fingerprint density at radius 1 is 1.35 bits per heavy atom. The molecule has 2 rings (SSSR count). The van der Waals surface area contributed by atoms with Gasteiger partial charge < -0.3 is 19.3 Å². The summed E-state index contributed by atoms with van der Waals surface area (Å²) in [7, 11) is 3.19. The third-order valence-corrected chi connectivity index (χ3v) is 4.39. The predicted molar refractivity (Wildman–Crippen MR) is 80.4 cm³/mol. The summed E-state index contributed by atoms with van der Waals surface area (Å²) in [6, 6.07) is 3.67. The van der Waals surface area contributed by atoms with Crippen molar-refractivity contribution in [3.05, 3.63) is 22.2 Å². The first-order chi connectivity index (χ1) is 9.67. The second-order valence-electron chi connectivity index (χ2n) is 4.94. The first kappa shape index (κ1) is 15.6. The van der Waals surface area contributed by atoms with Gasteiger partial charge in [0.1, 0.15) is 16.0 Å². The summed E-state index contributed by atoms with van der Waals surface area (Å²) in [5, 5.41) is 10.5. The van der Waals surface area contributed by atoms with Crippen molar-refractivity contribution in [2.24, 2.45) is 0 Å². The number of methoxy groups -OCH3 is 2. The van der Waals surface area contributed by atoms with Gasteiger partial charge in [-0.25, -0.2) is 0 Å². The molecule has 112 valence electrons. The number of hydrogen-bond donors (Lipinski definition) is 1. The number of halogens is 1. The average molecular weight is 345 g/mol.